The molecule has 0 radical (unpaired) electrons. The van der Waals surface area contributed by atoms with Gasteiger partial charge in [-0.1, -0.05) is 6.07 Å². The van der Waals surface area contributed by atoms with Crippen LogP contribution in [0.2, 0.25) is 0 Å². The Labute approximate surface area is 108 Å². The number of pyridine rings is 2. The van der Waals surface area contributed by atoms with Crippen molar-refractivity contribution in [2.24, 2.45) is 0 Å². The summed E-state index contributed by atoms with van der Waals surface area (Å²) >= 11 is 0. The van der Waals surface area contributed by atoms with E-state index in [1.807, 2.05) is 13.0 Å². The Balaban J connectivity index is 2.10. The van der Waals surface area contributed by atoms with Crippen LogP contribution in [0, 0.1) is 6.92 Å². The van der Waals surface area contributed by atoms with Crippen molar-refractivity contribution in [1.82, 2.24) is 9.97 Å². The minimum absolute atomic E-state index is 0.193. The van der Waals surface area contributed by atoms with E-state index in [1.54, 1.807) is 12.4 Å². The summed E-state index contributed by atoms with van der Waals surface area (Å²) in [6.07, 6.45) is -1.08. The van der Waals surface area contributed by atoms with E-state index in [-0.39, 0.29) is 5.82 Å². The Bertz CT molecular complexity index is 567. The smallest absolute Gasteiger partial charge is 0.366 e. The number of hydrogen-bond donors (Lipinski definition) is 1. The Hall–Kier alpha value is -2.11. The fraction of sp³-hybridized carbons (Fsp3) is 0.231. The van der Waals surface area contributed by atoms with Crippen LogP contribution in [0.4, 0.5) is 19.0 Å². The third kappa shape index (κ3) is 3.43. The molecule has 2 aromatic heterocycles. The number of anilines is 1. The standard InChI is InChI=1S/C13H12F3N3/c1-9-5-6-17-7-10(9)8-18-12-4-2-3-11(19-12)13(14,15)16/h2-7H,8H2,1H3,(H,18,19). The van der Waals surface area contributed by atoms with Crippen LogP contribution < -0.4 is 5.32 Å². The fourth-order valence-electron chi connectivity index (χ4n) is 1.56. The van der Waals surface area contributed by atoms with Crippen LogP contribution in [0.3, 0.4) is 0 Å². The number of alkyl halides is 3. The first-order valence-electron chi connectivity index (χ1n) is 5.64. The van der Waals surface area contributed by atoms with Crippen molar-refractivity contribution in [3.8, 4) is 0 Å². The van der Waals surface area contributed by atoms with Gasteiger partial charge in [0.25, 0.3) is 0 Å². The lowest BCUT2D eigenvalue weighted by molar-refractivity contribution is -0.141. The van der Waals surface area contributed by atoms with E-state index in [2.05, 4.69) is 15.3 Å². The van der Waals surface area contributed by atoms with Crippen molar-refractivity contribution >= 4 is 5.82 Å². The second-order valence-corrected chi connectivity index (χ2v) is 4.06. The van der Waals surface area contributed by atoms with Gasteiger partial charge in [0.1, 0.15) is 11.5 Å². The van der Waals surface area contributed by atoms with E-state index in [0.717, 1.165) is 17.2 Å². The monoisotopic (exact) mass is 267 g/mol. The molecular formula is C13H12F3N3. The van der Waals surface area contributed by atoms with Crippen LogP contribution in [0.1, 0.15) is 16.8 Å². The summed E-state index contributed by atoms with van der Waals surface area (Å²) in [5, 5.41) is 2.86. The molecule has 6 heteroatoms. The number of hydrogen-bond acceptors (Lipinski definition) is 3. The number of halogens is 3. The Morgan fingerprint density at radius 2 is 2.00 bits per heavy atom. The average molecular weight is 267 g/mol. The second kappa shape index (κ2) is 5.26. The largest absolute Gasteiger partial charge is 0.433 e. The molecule has 0 saturated carbocycles. The highest BCUT2D eigenvalue weighted by molar-refractivity contribution is 5.37. The van der Waals surface area contributed by atoms with E-state index < -0.39 is 11.9 Å². The number of nitrogens with zero attached hydrogens (tertiary/aromatic N) is 2. The SMILES string of the molecule is Cc1ccncc1CNc1cccc(C(F)(F)F)n1. The Morgan fingerprint density at radius 3 is 2.68 bits per heavy atom. The van der Waals surface area contributed by atoms with Gasteiger partial charge >= 0.3 is 6.18 Å². The maximum atomic E-state index is 12.5. The molecule has 1 N–H and O–H groups in total. The van der Waals surface area contributed by atoms with Gasteiger partial charge in [-0.05, 0) is 36.2 Å². The van der Waals surface area contributed by atoms with Gasteiger partial charge in [0, 0.05) is 18.9 Å². The van der Waals surface area contributed by atoms with E-state index in [9.17, 15) is 13.2 Å². The second-order valence-electron chi connectivity index (χ2n) is 4.06. The summed E-state index contributed by atoms with van der Waals surface area (Å²) in [6.45, 7) is 2.30. The third-order valence-corrected chi connectivity index (χ3v) is 2.65. The molecule has 0 aliphatic heterocycles. The minimum atomic E-state index is -4.43. The lowest BCUT2D eigenvalue weighted by Gasteiger charge is -2.10. The van der Waals surface area contributed by atoms with Gasteiger partial charge in [-0.2, -0.15) is 13.2 Å². The van der Waals surface area contributed by atoms with Crippen LogP contribution in [-0.4, -0.2) is 9.97 Å². The predicted molar refractivity (Wildman–Crippen MR) is 65.5 cm³/mol. The first kappa shape index (κ1) is 13.3. The van der Waals surface area contributed by atoms with Gasteiger partial charge in [-0.3, -0.25) is 4.98 Å². The lowest BCUT2D eigenvalue weighted by atomic mass is 10.1. The van der Waals surface area contributed by atoms with Crippen LogP contribution >= 0.6 is 0 Å². The van der Waals surface area contributed by atoms with Gasteiger partial charge in [0.2, 0.25) is 0 Å². The molecule has 0 fully saturated rings. The first-order valence-corrected chi connectivity index (χ1v) is 5.64. The number of aromatic nitrogens is 2. The minimum Gasteiger partial charge on any atom is -0.366 e. The van der Waals surface area contributed by atoms with E-state index in [4.69, 9.17) is 0 Å². The third-order valence-electron chi connectivity index (χ3n) is 2.65. The van der Waals surface area contributed by atoms with E-state index in [0.29, 0.717) is 6.54 Å². The molecule has 0 amide bonds. The van der Waals surface area contributed by atoms with Gasteiger partial charge in [-0.15, -0.1) is 0 Å². The number of nitrogens with one attached hydrogen (secondary N) is 1. The Morgan fingerprint density at radius 1 is 1.21 bits per heavy atom. The van der Waals surface area contributed by atoms with Crippen molar-refractivity contribution < 1.29 is 13.2 Å². The zero-order valence-corrected chi connectivity index (χ0v) is 10.2. The molecular weight excluding hydrogens is 255 g/mol. The molecule has 2 heterocycles. The summed E-state index contributed by atoms with van der Waals surface area (Å²) in [5.41, 5.74) is 1.04. The average Bonchev–Trinajstić information content (AvgIpc) is 2.37. The van der Waals surface area contributed by atoms with Gasteiger partial charge in [0.05, 0.1) is 0 Å². The highest BCUT2D eigenvalue weighted by Crippen LogP contribution is 2.28. The summed E-state index contributed by atoms with van der Waals surface area (Å²) in [6, 6.07) is 5.62. The van der Waals surface area contributed by atoms with Gasteiger partial charge in [0.15, 0.2) is 0 Å². The molecule has 0 aromatic carbocycles. The molecule has 0 spiro atoms. The maximum absolute atomic E-state index is 12.5. The Kier molecular flexibility index (Phi) is 3.69. The lowest BCUT2D eigenvalue weighted by Crippen LogP contribution is -2.10. The van der Waals surface area contributed by atoms with E-state index >= 15 is 0 Å². The summed E-state index contributed by atoms with van der Waals surface area (Å²) < 4.78 is 37.5. The van der Waals surface area contributed by atoms with Crippen molar-refractivity contribution in [2.75, 3.05) is 5.32 Å². The molecule has 0 atom stereocenters. The molecule has 0 saturated heterocycles. The zero-order chi connectivity index (χ0) is 13.9. The van der Waals surface area contributed by atoms with Crippen LogP contribution in [0.5, 0.6) is 0 Å². The topological polar surface area (TPSA) is 37.8 Å². The summed E-state index contributed by atoms with van der Waals surface area (Å²) in [4.78, 5) is 7.51. The zero-order valence-electron chi connectivity index (χ0n) is 10.2. The summed E-state index contributed by atoms with van der Waals surface area (Å²) in [7, 11) is 0. The van der Waals surface area contributed by atoms with Crippen molar-refractivity contribution in [3.05, 3.63) is 53.5 Å². The molecule has 2 rings (SSSR count). The molecule has 0 bridgehead atoms. The first-order chi connectivity index (χ1) is 8.97. The molecule has 3 nitrogen and oxygen atoms in total. The number of rotatable bonds is 3. The van der Waals surface area contributed by atoms with Crippen LogP contribution in [-0.2, 0) is 12.7 Å². The molecule has 2 aromatic rings. The highest BCUT2D eigenvalue weighted by atomic mass is 19.4. The molecule has 0 aliphatic carbocycles. The van der Waals surface area contributed by atoms with Crippen molar-refractivity contribution in [1.29, 1.82) is 0 Å². The molecule has 0 aliphatic rings. The highest BCUT2D eigenvalue weighted by Gasteiger charge is 2.32. The van der Waals surface area contributed by atoms with Crippen molar-refractivity contribution in [2.45, 2.75) is 19.6 Å². The van der Waals surface area contributed by atoms with Gasteiger partial charge < -0.3 is 5.32 Å². The van der Waals surface area contributed by atoms with E-state index in [1.165, 1.54) is 12.1 Å². The normalized spacial score (nSPS) is 11.4. The van der Waals surface area contributed by atoms with Crippen LogP contribution in [0.25, 0.3) is 0 Å². The number of aryl methyl sites for hydroxylation is 1. The fourth-order valence-corrected chi connectivity index (χ4v) is 1.56. The molecule has 100 valence electrons. The van der Waals surface area contributed by atoms with Crippen molar-refractivity contribution in [3.63, 3.8) is 0 Å². The van der Waals surface area contributed by atoms with Crippen LogP contribution in [0.15, 0.2) is 36.7 Å². The molecule has 0 unspecified atom stereocenters. The predicted octanol–water partition coefficient (Wildman–Crippen LogP) is 3.42. The molecule has 19 heavy (non-hydrogen) atoms. The van der Waals surface area contributed by atoms with Gasteiger partial charge in [-0.25, -0.2) is 4.98 Å². The quantitative estimate of drug-likeness (QED) is 0.926. The summed E-state index contributed by atoms with van der Waals surface area (Å²) in [5.74, 6) is 0.193. The maximum Gasteiger partial charge on any atom is 0.433 e.